The number of rotatable bonds is 4. The minimum Gasteiger partial charge on any atom is -0.447 e. The summed E-state index contributed by atoms with van der Waals surface area (Å²) in [5, 5.41) is 2.94. The van der Waals surface area contributed by atoms with Crippen molar-refractivity contribution in [2.24, 2.45) is 0 Å². The lowest BCUT2D eigenvalue weighted by molar-refractivity contribution is 0.0939. The average Bonchev–Trinajstić information content (AvgIpc) is 3.02. The zero-order valence-electron chi connectivity index (χ0n) is 12.7. The number of anilines is 1. The molecular formula is C17H17N3O3. The fourth-order valence-corrected chi connectivity index (χ4v) is 2.46. The van der Waals surface area contributed by atoms with E-state index in [1.165, 1.54) is 4.90 Å². The zero-order valence-corrected chi connectivity index (χ0v) is 12.7. The number of carbonyl (C=O) groups excluding carboxylic acids is 2. The molecule has 6 nitrogen and oxygen atoms in total. The summed E-state index contributed by atoms with van der Waals surface area (Å²) in [6.07, 6.45) is 3.00. The number of hydrogen-bond acceptors (Lipinski definition) is 4. The third-order valence-corrected chi connectivity index (χ3v) is 3.73. The van der Waals surface area contributed by atoms with E-state index in [4.69, 9.17) is 4.74 Å². The SMILES string of the molecule is C[C@H](NC(=O)c1cccc(N2CCOC2=O)c1)c1ccncc1. The Morgan fingerprint density at radius 2 is 2.09 bits per heavy atom. The number of hydrogen-bond donors (Lipinski definition) is 1. The quantitative estimate of drug-likeness (QED) is 0.942. The topological polar surface area (TPSA) is 71.5 Å². The van der Waals surface area contributed by atoms with Crippen molar-refractivity contribution in [1.29, 1.82) is 0 Å². The Labute approximate surface area is 134 Å². The standard InChI is InChI=1S/C17H17N3O3/c1-12(13-5-7-18-8-6-13)19-16(21)14-3-2-4-15(11-14)20-9-10-23-17(20)22/h2-8,11-12H,9-10H2,1H3,(H,19,21)/t12-/m0/s1. The van der Waals surface area contributed by atoms with Crippen molar-refractivity contribution >= 4 is 17.7 Å². The number of pyridine rings is 1. The highest BCUT2D eigenvalue weighted by molar-refractivity contribution is 5.97. The van der Waals surface area contributed by atoms with Gasteiger partial charge < -0.3 is 10.1 Å². The molecule has 1 N–H and O–H groups in total. The highest BCUT2D eigenvalue weighted by atomic mass is 16.6. The highest BCUT2D eigenvalue weighted by Gasteiger charge is 2.24. The molecule has 2 heterocycles. The van der Waals surface area contributed by atoms with Gasteiger partial charge >= 0.3 is 6.09 Å². The van der Waals surface area contributed by atoms with Crippen LogP contribution in [0.5, 0.6) is 0 Å². The van der Waals surface area contributed by atoms with Gasteiger partial charge in [0.2, 0.25) is 0 Å². The third-order valence-electron chi connectivity index (χ3n) is 3.73. The minimum absolute atomic E-state index is 0.133. The summed E-state index contributed by atoms with van der Waals surface area (Å²) in [7, 11) is 0. The van der Waals surface area contributed by atoms with Crippen LogP contribution in [0.1, 0.15) is 28.9 Å². The molecule has 1 aromatic heterocycles. The van der Waals surface area contributed by atoms with Crippen LogP contribution in [0.15, 0.2) is 48.8 Å². The van der Waals surface area contributed by atoms with Crippen LogP contribution in [0.2, 0.25) is 0 Å². The molecule has 3 rings (SSSR count). The molecule has 1 saturated heterocycles. The van der Waals surface area contributed by atoms with E-state index in [1.807, 2.05) is 19.1 Å². The first-order valence-electron chi connectivity index (χ1n) is 7.40. The molecule has 0 saturated carbocycles. The second-order valence-electron chi connectivity index (χ2n) is 5.29. The summed E-state index contributed by atoms with van der Waals surface area (Å²) < 4.78 is 4.92. The summed E-state index contributed by atoms with van der Waals surface area (Å²) in [5.41, 5.74) is 2.15. The van der Waals surface area contributed by atoms with E-state index in [1.54, 1.807) is 36.7 Å². The lowest BCUT2D eigenvalue weighted by atomic mass is 10.1. The van der Waals surface area contributed by atoms with E-state index >= 15 is 0 Å². The number of cyclic esters (lactones) is 1. The monoisotopic (exact) mass is 311 g/mol. The molecule has 0 radical (unpaired) electrons. The van der Waals surface area contributed by atoms with E-state index < -0.39 is 0 Å². The molecule has 1 aliphatic heterocycles. The Morgan fingerprint density at radius 3 is 2.78 bits per heavy atom. The molecule has 0 unspecified atom stereocenters. The Bertz CT molecular complexity index is 718. The van der Waals surface area contributed by atoms with Crippen LogP contribution in [-0.2, 0) is 4.74 Å². The van der Waals surface area contributed by atoms with Crippen molar-refractivity contribution in [3.8, 4) is 0 Å². The van der Waals surface area contributed by atoms with Crippen LogP contribution in [0.4, 0.5) is 10.5 Å². The molecule has 1 fully saturated rings. The molecule has 2 aromatic rings. The zero-order chi connectivity index (χ0) is 16.2. The Balaban J connectivity index is 1.74. The van der Waals surface area contributed by atoms with Gasteiger partial charge in [-0.15, -0.1) is 0 Å². The Kier molecular flexibility index (Phi) is 4.23. The lowest BCUT2D eigenvalue weighted by Crippen LogP contribution is -2.27. The Hall–Kier alpha value is -2.89. The van der Waals surface area contributed by atoms with Crippen molar-refractivity contribution in [2.45, 2.75) is 13.0 Å². The van der Waals surface area contributed by atoms with Gasteiger partial charge in [-0.05, 0) is 42.8 Å². The van der Waals surface area contributed by atoms with Crippen molar-refractivity contribution in [3.63, 3.8) is 0 Å². The summed E-state index contributed by atoms with van der Waals surface area (Å²) in [6.45, 7) is 2.78. The molecule has 1 aromatic carbocycles. The number of amides is 2. The van der Waals surface area contributed by atoms with E-state index in [2.05, 4.69) is 10.3 Å². The molecule has 0 spiro atoms. The van der Waals surface area contributed by atoms with Crippen LogP contribution < -0.4 is 10.2 Å². The van der Waals surface area contributed by atoms with Crippen molar-refractivity contribution in [3.05, 3.63) is 59.9 Å². The van der Waals surface area contributed by atoms with Gasteiger partial charge in [0.1, 0.15) is 6.61 Å². The van der Waals surface area contributed by atoms with Crippen LogP contribution in [0.25, 0.3) is 0 Å². The molecule has 0 aliphatic carbocycles. The number of carbonyl (C=O) groups is 2. The van der Waals surface area contributed by atoms with Gasteiger partial charge in [0.15, 0.2) is 0 Å². The summed E-state index contributed by atoms with van der Waals surface area (Å²) in [5.74, 6) is -0.191. The number of benzene rings is 1. The van der Waals surface area contributed by atoms with Gasteiger partial charge in [-0.1, -0.05) is 6.07 Å². The maximum atomic E-state index is 12.4. The largest absolute Gasteiger partial charge is 0.447 e. The van der Waals surface area contributed by atoms with Gasteiger partial charge in [0, 0.05) is 23.6 Å². The first-order chi connectivity index (χ1) is 11.1. The van der Waals surface area contributed by atoms with Gasteiger partial charge in [-0.3, -0.25) is 14.7 Å². The van der Waals surface area contributed by atoms with Crippen LogP contribution in [-0.4, -0.2) is 30.1 Å². The minimum atomic E-state index is -0.382. The van der Waals surface area contributed by atoms with Crippen LogP contribution in [0.3, 0.4) is 0 Å². The normalized spacial score (nSPS) is 15.2. The predicted octanol–water partition coefficient (Wildman–Crippen LogP) is 2.53. The fraction of sp³-hybridized carbons (Fsp3) is 0.235. The molecule has 23 heavy (non-hydrogen) atoms. The van der Waals surface area contributed by atoms with E-state index in [0.717, 1.165) is 5.56 Å². The van der Waals surface area contributed by atoms with Crippen molar-refractivity contribution in [2.75, 3.05) is 18.1 Å². The number of aromatic nitrogens is 1. The molecule has 1 aliphatic rings. The van der Waals surface area contributed by atoms with Gasteiger partial charge in [0.05, 0.1) is 12.6 Å². The Morgan fingerprint density at radius 1 is 1.30 bits per heavy atom. The first-order valence-corrected chi connectivity index (χ1v) is 7.40. The fourth-order valence-electron chi connectivity index (χ4n) is 2.46. The maximum Gasteiger partial charge on any atom is 0.414 e. The van der Waals surface area contributed by atoms with E-state index in [-0.39, 0.29) is 18.0 Å². The molecular weight excluding hydrogens is 294 g/mol. The molecule has 118 valence electrons. The smallest absolute Gasteiger partial charge is 0.414 e. The summed E-state index contributed by atoms with van der Waals surface area (Å²) in [4.78, 5) is 29.5. The van der Waals surface area contributed by atoms with Crippen LogP contribution >= 0.6 is 0 Å². The van der Waals surface area contributed by atoms with Crippen LogP contribution in [0, 0.1) is 0 Å². The second-order valence-corrected chi connectivity index (χ2v) is 5.29. The van der Waals surface area contributed by atoms with Crippen molar-refractivity contribution in [1.82, 2.24) is 10.3 Å². The molecule has 0 bridgehead atoms. The number of ether oxygens (including phenoxy) is 1. The summed E-state index contributed by atoms with van der Waals surface area (Å²) in [6, 6.07) is 10.6. The lowest BCUT2D eigenvalue weighted by Gasteiger charge is -2.16. The van der Waals surface area contributed by atoms with Crippen molar-refractivity contribution < 1.29 is 14.3 Å². The molecule has 2 amide bonds. The van der Waals surface area contributed by atoms with Gasteiger partial charge in [0.25, 0.3) is 5.91 Å². The first kappa shape index (κ1) is 15.0. The maximum absolute atomic E-state index is 12.4. The summed E-state index contributed by atoms with van der Waals surface area (Å²) >= 11 is 0. The van der Waals surface area contributed by atoms with E-state index in [0.29, 0.717) is 24.4 Å². The molecule has 6 heteroatoms. The number of nitrogens with one attached hydrogen (secondary N) is 1. The second kappa shape index (κ2) is 6.48. The molecule has 1 atom stereocenters. The van der Waals surface area contributed by atoms with Gasteiger partial charge in [-0.25, -0.2) is 4.79 Å². The van der Waals surface area contributed by atoms with E-state index in [9.17, 15) is 9.59 Å². The number of nitrogens with zero attached hydrogens (tertiary/aromatic N) is 2. The highest BCUT2D eigenvalue weighted by Crippen LogP contribution is 2.20. The third kappa shape index (κ3) is 3.31. The predicted molar refractivity (Wildman–Crippen MR) is 85.3 cm³/mol. The average molecular weight is 311 g/mol. The van der Waals surface area contributed by atoms with Gasteiger partial charge in [-0.2, -0.15) is 0 Å².